The second-order valence-electron chi connectivity index (χ2n) is 5.26. The van der Waals surface area contributed by atoms with E-state index >= 15 is 0 Å². The Morgan fingerprint density at radius 3 is 2.30 bits per heavy atom. The highest BCUT2D eigenvalue weighted by Gasteiger charge is 2.19. The van der Waals surface area contributed by atoms with Gasteiger partial charge in [0.2, 0.25) is 0 Å². The van der Waals surface area contributed by atoms with E-state index in [0.717, 1.165) is 17.5 Å². The molecule has 0 amide bonds. The van der Waals surface area contributed by atoms with Crippen molar-refractivity contribution in [1.82, 2.24) is 0 Å². The van der Waals surface area contributed by atoms with Crippen LogP contribution in [-0.4, -0.2) is 13.3 Å². The first kappa shape index (κ1) is 14.3. The highest BCUT2D eigenvalue weighted by atomic mass is 14.6. The molecule has 0 aromatic heterocycles. The van der Waals surface area contributed by atoms with E-state index in [-0.39, 0.29) is 0 Å². The maximum Gasteiger partial charge on any atom is 0.0321 e. The predicted octanol–water partition coefficient (Wildman–Crippen LogP) is 3.95. The maximum absolute atomic E-state index is 5.98. The molecule has 0 saturated heterocycles. The van der Waals surface area contributed by atoms with Crippen molar-refractivity contribution < 1.29 is 0 Å². The Balaban J connectivity index is 2.92. The first-order chi connectivity index (χ1) is 9.49. The highest BCUT2D eigenvalue weighted by molar-refractivity contribution is 5.99. The molecule has 2 rings (SSSR count). The van der Waals surface area contributed by atoms with Gasteiger partial charge in [-0.25, -0.2) is 0 Å². The monoisotopic (exact) mass is 266 g/mol. The highest BCUT2D eigenvalue weighted by Crippen LogP contribution is 2.38. The van der Waals surface area contributed by atoms with Crippen LogP contribution in [0.15, 0.2) is 29.8 Å². The minimum Gasteiger partial charge on any atom is -0.399 e. The van der Waals surface area contributed by atoms with Gasteiger partial charge in [0.1, 0.15) is 0 Å². The Morgan fingerprint density at radius 2 is 1.80 bits per heavy atom. The molecule has 0 heterocycles. The zero-order chi connectivity index (χ0) is 14.9. The van der Waals surface area contributed by atoms with Gasteiger partial charge in [0.05, 0.1) is 0 Å². The predicted molar refractivity (Wildman–Crippen MR) is 88.7 cm³/mol. The number of nitrogens with zero attached hydrogens (tertiary/aromatic N) is 1. The summed E-state index contributed by atoms with van der Waals surface area (Å²) in [5.74, 6) is 0. The van der Waals surface area contributed by atoms with Gasteiger partial charge < -0.3 is 5.73 Å². The van der Waals surface area contributed by atoms with Crippen LogP contribution >= 0.6 is 0 Å². The van der Waals surface area contributed by atoms with E-state index < -0.39 is 0 Å². The van der Waals surface area contributed by atoms with Crippen molar-refractivity contribution in [1.29, 1.82) is 0 Å². The van der Waals surface area contributed by atoms with Gasteiger partial charge >= 0.3 is 0 Å². The molecule has 0 unspecified atom stereocenters. The van der Waals surface area contributed by atoms with Crippen molar-refractivity contribution in [2.45, 2.75) is 27.2 Å². The summed E-state index contributed by atoms with van der Waals surface area (Å²) < 4.78 is 0. The normalized spacial score (nSPS) is 11.4. The van der Waals surface area contributed by atoms with E-state index in [1.54, 1.807) is 7.05 Å². The molecule has 0 radical (unpaired) electrons. The summed E-state index contributed by atoms with van der Waals surface area (Å²) in [6.45, 7) is 10.4. The Morgan fingerprint density at radius 1 is 1.20 bits per heavy atom. The van der Waals surface area contributed by atoms with E-state index in [1.807, 2.05) is 6.21 Å². The largest absolute Gasteiger partial charge is 0.399 e. The molecule has 0 atom stereocenters. The molecule has 2 aliphatic carbocycles. The third kappa shape index (κ3) is 2.34. The minimum atomic E-state index is 0.609. The van der Waals surface area contributed by atoms with Gasteiger partial charge in [-0.05, 0) is 54.2 Å². The van der Waals surface area contributed by atoms with Crippen molar-refractivity contribution >= 4 is 11.9 Å². The third-order valence-corrected chi connectivity index (χ3v) is 3.72. The molecule has 2 nitrogen and oxygen atoms in total. The summed E-state index contributed by atoms with van der Waals surface area (Å²) in [5, 5.41) is 0. The van der Waals surface area contributed by atoms with Crippen LogP contribution in [0.1, 0.15) is 34.7 Å². The molecule has 0 bridgehead atoms. The number of hydrogen-bond acceptors (Lipinski definition) is 2. The molecular weight excluding hydrogens is 244 g/mol. The lowest BCUT2D eigenvalue weighted by molar-refractivity contribution is 1.14. The number of aryl methyl sites for hydroxylation is 3. The number of fused-ring (bicyclic) bond motifs is 1. The fourth-order valence-corrected chi connectivity index (χ4v) is 2.85. The van der Waals surface area contributed by atoms with Gasteiger partial charge in [0.15, 0.2) is 0 Å². The summed E-state index contributed by atoms with van der Waals surface area (Å²) >= 11 is 0. The lowest BCUT2D eigenvalue weighted by Gasteiger charge is -2.06. The standard InChI is InChI=1S/C18H22N2/c1-6-14-7-11(2)17-15(10-20-5)9-16(13(4)19)18(17)12(3)8-14/h7-10H,4,6,19H2,1-3,5H3. The number of rotatable bonds is 3. The van der Waals surface area contributed by atoms with Crippen LogP contribution in [0.5, 0.6) is 0 Å². The van der Waals surface area contributed by atoms with Crippen molar-refractivity contribution in [3.05, 3.63) is 52.6 Å². The summed E-state index contributed by atoms with van der Waals surface area (Å²) in [7, 11) is 1.79. The number of aliphatic imine (C=N–C) groups is 1. The van der Waals surface area contributed by atoms with Crippen LogP contribution in [0.25, 0.3) is 16.8 Å². The van der Waals surface area contributed by atoms with Gasteiger partial charge in [0, 0.05) is 30.1 Å². The van der Waals surface area contributed by atoms with Crippen molar-refractivity contribution in [3.8, 4) is 11.1 Å². The second-order valence-corrected chi connectivity index (χ2v) is 5.26. The Bertz CT molecular complexity index is 666. The molecule has 0 aliphatic heterocycles. The van der Waals surface area contributed by atoms with Crippen molar-refractivity contribution in [3.63, 3.8) is 0 Å². The molecule has 2 heteroatoms. The number of hydrogen-bond donors (Lipinski definition) is 1. The summed E-state index contributed by atoms with van der Waals surface area (Å²) in [6, 6.07) is 6.59. The average molecular weight is 266 g/mol. The lowest BCUT2D eigenvalue weighted by Crippen LogP contribution is -1.94. The van der Waals surface area contributed by atoms with Crippen LogP contribution in [-0.2, 0) is 6.42 Å². The molecule has 0 saturated carbocycles. The lowest BCUT2D eigenvalue weighted by atomic mass is 9.99. The van der Waals surface area contributed by atoms with Gasteiger partial charge in [-0.2, -0.15) is 0 Å². The SMILES string of the molecule is C=C(N)c1cc(C=NC)c2c(C)cc(CC)cc(C)c1-2. The summed E-state index contributed by atoms with van der Waals surface area (Å²) in [6.07, 6.45) is 2.92. The molecule has 0 aromatic carbocycles. The molecule has 0 fully saturated rings. The smallest absolute Gasteiger partial charge is 0.0321 e. The quantitative estimate of drug-likeness (QED) is 0.839. The van der Waals surface area contributed by atoms with Crippen molar-refractivity contribution in [2.24, 2.45) is 10.7 Å². The van der Waals surface area contributed by atoms with Gasteiger partial charge in [0.25, 0.3) is 0 Å². The Hall–Kier alpha value is -2.09. The zero-order valence-electron chi connectivity index (χ0n) is 12.7. The zero-order valence-corrected chi connectivity index (χ0v) is 12.7. The maximum atomic E-state index is 5.98. The minimum absolute atomic E-state index is 0.609. The molecule has 104 valence electrons. The van der Waals surface area contributed by atoms with Crippen LogP contribution in [0, 0.1) is 13.8 Å². The second kappa shape index (κ2) is 5.49. The van der Waals surface area contributed by atoms with E-state index in [1.165, 1.54) is 27.8 Å². The van der Waals surface area contributed by atoms with Gasteiger partial charge in [-0.1, -0.05) is 25.6 Å². The Labute approximate surface area is 121 Å². The fourth-order valence-electron chi connectivity index (χ4n) is 2.85. The van der Waals surface area contributed by atoms with Crippen LogP contribution in [0.2, 0.25) is 0 Å². The average Bonchev–Trinajstić information content (AvgIpc) is 2.72. The molecule has 20 heavy (non-hydrogen) atoms. The molecular formula is C18H22N2. The summed E-state index contributed by atoms with van der Waals surface area (Å²) in [4.78, 5) is 4.17. The van der Waals surface area contributed by atoms with Crippen molar-refractivity contribution in [2.75, 3.05) is 7.05 Å². The Kier molecular flexibility index (Phi) is 3.93. The van der Waals surface area contributed by atoms with Gasteiger partial charge in [-0.3, -0.25) is 4.99 Å². The first-order valence-corrected chi connectivity index (χ1v) is 6.93. The molecule has 2 N–H and O–H groups in total. The van der Waals surface area contributed by atoms with E-state index in [9.17, 15) is 0 Å². The summed E-state index contributed by atoms with van der Waals surface area (Å²) in [5.41, 5.74) is 15.0. The van der Waals surface area contributed by atoms with Crippen LogP contribution < -0.4 is 5.73 Å². The first-order valence-electron chi connectivity index (χ1n) is 6.93. The molecule has 2 aliphatic rings. The van der Waals surface area contributed by atoms with E-state index in [4.69, 9.17) is 5.73 Å². The van der Waals surface area contributed by atoms with Crippen LogP contribution in [0.3, 0.4) is 0 Å². The van der Waals surface area contributed by atoms with Crippen LogP contribution in [0.4, 0.5) is 0 Å². The molecule has 0 spiro atoms. The fraction of sp³-hybridized carbons (Fsp3) is 0.278. The van der Waals surface area contributed by atoms with E-state index in [0.29, 0.717) is 5.70 Å². The van der Waals surface area contributed by atoms with E-state index in [2.05, 4.69) is 50.5 Å². The van der Waals surface area contributed by atoms with Gasteiger partial charge in [-0.15, -0.1) is 0 Å². The topological polar surface area (TPSA) is 38.4 Å². The molecule has 0 aromatic rings. The third-order valence-electron chi connectivity index (χ3n) is 3.72. The number of nitrogens with two attached hydrogens (primary N) is 1.